The van der Waals surface area contributed by atoms with Crippen molar-refractivity contribution < 1.29 is 19.1 Å². The molecule has 0 unspecified atom stereocenters. The largest absolute Gasteiger partial charge is 0.495 e. The van der Waals surface area contributed by atoms with Crippen molar-refractivity contribution in [3.05, 3.63) is 81.0 Å². The molecule has 3 rings (SSSR count). The third-order valence-corrected chi connectivity index (χ3v) is 5.32. The normalized spacial score (nSPS) is 11.5. The first-order valence-corrected chi connectivity index (χ1v) is 9.69. The maximum atomic E-state index is 12.9. The zero-order valence-electron chi connectivity index (χ0n) is 15.3. The lowest BCUT2D eigenvalue weighted by Crippen LogP contribution is -2.25. The minimum absolute atomic E-state index is 0.364. The summed E-state index contributed by atoms with van der Waals surface area (Å²) in [6.07, 6.45) is -1.10. The Balaban J connectivity index is 1.84. The number of anilines is 1. The fourth-order valence-corrected chi connectivity index (χ4v) is 3.66. The van der Waals surface area contributed by atoms with Crippen LogP contribution in [0.2, 0.25) is 5.02 Å². The lowest BCUT2D eigenvalue weighted by molar-refractivity contribution is -0.125. The number of methoxy groups -OCH3 is 1. The van der Waals surface area contributed by atoms with Crippen LogP contribution in [0.5, 0.6) is 5.75 Å². The molecule has 0 fully saturated rings. The summed E-state index contributed by atoms with van der Waals surface area (Å²) < 4.78 is 10.7. The Bertz CT molecular complexity index is 987. The molecule has 0 bridgehead atoms. The highest BCUT2D eigenvalue weighted by Crippen LogP contribution is 2.29. The van der Waals surface area contributed by atoms with Crippen molar-refractivity contribution >= 4 is 40.5 Å². The van der Waals surface area contributed by atoms with Crippen LogP contribution in [-0.2, 0) is 9.53 Å². The van der Waals surface area contributed by atoms with Gasteiger partial charge >= 0.3 is 5.97 Å². The molecule has 0 aliphatic rings. The quantitative estimate of drug-likeness (QED) is 0.558. The number of halogens is 1. The third kappa shape index (κ3) is 4.52. The van der Waals surface area contributed by atoms with E-state index in [-0.39, 0.29) is 0 Å². The fourth-order valence-electron chi connectivity index (χ4n) is 2.60. The molecule has 28 heavy (non-hydrogen) atoms. The maximum Gasteiger partial charge on any atom is 0.349 e. The van der Waals surface area contributed by atoms with Crippen LogP contribution in [0, 0.1) is 6.92 Å². The van der Waals surface area contributed by atoms with Gasteiger partial charge in [-0.05, 0) is 42.1 Å². The molecule has 0 spiro atoms. The van der Waals surface area contributed by atoms with Crippen LogP contribution in [0.4, 0.5) is 5.69 Å². The number of benzene rings is 2. The van der Waals surface area contributed by atoms with E-state index < -0.39 is 18.0 Å². The average Bonchev–Trinajstić information content (AvgIpc) is 3.12. The monoisotopic (exact) mass is 415 g/mol. The predicted molar refractivity (Wildman–Crippen MR) is 110 cm³/mol. The van der Waals surface area contributed by atoms with Crippen molar-refractivity contribution in [3.8, 4) is 5.75 Å². The number of hydrogen-bond donors (Lipinski definition) is 1. The van der Waals surface area contributed by atoms with Gasteiger partial charge in [-0.25, -0.2) is 4.79 Å². The number of esters is 1. The summed E-state index contributed by atoms with van der Waals surface area (Å²) >= 11 is 7.40. The standard InChI is InChI=1S/C21H18ClNO4S/c1-13-10-11-28-19(13)21(25)27-18(14-6-4-3-5-7-14)20(24)23-15-8-9-17(26-2)16(22)12-15/h3-12,18H,1-2H3,(H,23,24)/t18-/m0/s1. The topological polar surface area (TPSA) is 64.6 Å². The number of hydrogen-bond acceptors (Lipinski definition) is 5. The van der Waals surface area contributed by atoms with Crippen molar-refractivity contribution in [2.75, 3.05) is 12.4 Å². The van der Waals surface area contributed by atoms with Gasteiger partial charge in [-0.3, -0.25) is 4.79 Å². The Morgan fingerprint density at radius 2 is 1.86 bits per heavy atom. The van der Waals surface area contributed by atoms with Gasteiger partial charge in [-0.2, -0.15) is 0 Å². The Morgan fingerprint density at radius 1 is 1.11 bits per heavy atom. The second kappa shape index (κ2) is 8.91. The molecule has 0 aliphatic carbocycles. The Labute approximate surface area is 171 Å². The van der Waals surface area contributed by atoms with E-state index in [1.807, 2.05) is 24.4 Å². The zero-order chi connectivity index (χ0) is 20.1. The number of carbonyl (C=O) groups excluding carboxylic acids is 2. The highest BCUT2D eigenvalue weighted by atomic mass is 35.5. The summed E-state index contributed by atoms with van der Waals surface area (Å²) in [5.74, 6) is -0.516. The highest BCUT2D eigenvalue weighted by Gasteiger charge is 2.27. The number of aryl methyl sites for hydroxylation is 1. The van der Waals surface area contributed by atoms with Gasteiger partial charge in [-0.15, -0.1) is 11.3 Å². The molecule has 1 aromatic heterocycles. The fraction of sp³-hybridized carbons (Fsp3) is 0.143. The molecule has 0 radical (unpaired) electrons. The molecule has 1 amide bonds. The van der Waals surface area contributed by atoms with Gasteiger partial charge in [0.2, 0.25) is 6.10 Å². The van der Waals surface area contributed by atoms with Crippen LogP contribution < -0.4 is 10.1 Å². The second-order valence-corrected chi connectivity index (χ2v) is 7.29. The third-order valence-electron chi connectivity index (χ3n) is 4.03. The smallest absolute Gasteiger partial charge is 0.349 e. The molecule has 7 heteroatoms. The number of ether oxygens (including phenoxy) is 2. The van der Waals surface area contributed by atoms with E-state index in [4.69, 9.17) is 21.1 Å². The Morgan fingerprint density at radius 3 is 2.46 bits per heavy atom. The molecule has 144 valence electrons. The van der Waals surface area contributed by atoms with Gasteiger partial charge in [-0.1, -0.05) is 41.9 Å². The Kier molecular flexibility index (Phi) is 6.34. The van der Waals surface area contributed by atoms with Crippen LogP contribution in [0.1, 0.15) is 26.9 Å². The highest BCUT2D eigenvalue weighted by molar-refractivity contribution is 7.12. The van der Waals surface area contributed by atoms with Crippen molar-refractivity contribution in [3.63, 3.8) is 0 Å². The molecule has 0 saturated carbocycles. The Hall–Kier alpha value is -2.83. The average molecular weight is 416 g/mol. The lowest BCUT2D eigenvalue weighted by atomic mass is 10.1. The lowest BCUT2D eigenvalue weighted by Gasteiger charge is -2.18. The molecular formula is C21H18ClNO4S. The second-order valence-electron chi connectivity index (χ2n) is 5.97. The first-order valence-electron chi connectivity index (χ1n) is 8.44. The molecule has 2 aromatic carbocycles. The molecule has 0 aliphatic heterocycles. The minimum Gasteiger partial charge on any atom is -0.495 e. The SMILES string of the molecule is COc1ccc(NC(=O)[C@@H](OC(=O)c2sccc2C)c2ccccc2)cc1Cl. The van der Waals surface area contributed by atoms with E-state index in [0.29, 0.717) is 26.9 Å². The summed E-state index contributed by atoms with van der Waals surface area (Å²) in [6, 6.07) is 15.6. The van der Waals surface area contributed by atoms with E-state index in [2.05, 4.69) is 5.32 Å². The molecule has 3 aromatic rings. The molecule has 1 heterocycles. The van der Waals surface area contributed by atoms with E-state index in [1.165, 1.54) is 18.4 Å². The van der Waals surface area contributed by atoms with Gasteiger partial charge in [0.15, 0.2) is 0 Å². The van der Waals surface area contributed by atoms with Gasteiger partial charge in [0.25, 0.3) is 5.91 Å². The van der Waals surface area contributed by atoms with Crippen molar-refractivity contribution in [1.29, 1.82) is 0 Å². The summed E-state index contributed by atoms with van der Waals surface area (Å²) in [5.41, 5.74) is 1.85. The van der Waals surface area contributed by atoms with Gasteiger partial charge in [0.05, 0.1) is 12.1 Å². The van der Waals surface area contributed by atoms with Gasteiger partial charge in [0.1, 0.15) is 10.6 Å². The minimum atomic E-state index is -1.10. The number of nitrogens with one attached hydrogen (secondary N) is 1. The van der Waals surface area contributed by atoms with E-state index in [0.717, 1.165) is 5.56 Å². The number of rotatable bonds is 6. The molecular weight excluding hydrogens is 398 g/mol. The number of carbonyl (C=O) groups is 2. The van der Waals surface area contributed by atoms with Gasteiger partial charge < -0.3 is 14.8 Å². The van der Waals surface area contributed by atoms with Crippen molar-refractivity contribution in [2.45, 2.75) is 13.0 Å². The van der Waals surface area contributed by atoms with Crippen LogP contribution in [-0.4, -0.2) is 19.0 Å². The molecule has 0 saturated heterocycles. The van der Waals surface area contributed by atoms with Crippen LogP contribution in [0.15, 0.2) is 60.0 Å². The summed E-state index contributed by atoms with van der Waals surface area (Å²) in [4.78, 5) is 26.0. The number of thiophene rings is 1. The summed E-state index contributed by atoms with van der Waals surface area (Å²) in [7, 11) is 1.51. The zero-order valence-corrected chi connectivity index (χ0v) is 16.8. The van der Waals surface area contributed by atoms with Crippen molar-refractivity contribution in [2.24, 2.45) is 0 Å². The number of amides is 1. The summed E-state index contributed by atoms with van der Waals surface area (Å²) in [5, 5.41) is 4.92. The maximum absolute atomic E-state index is 12.9. The summed E-state index contributed by atoms with van der Waals surface area (Å²) in [6.45, 7) is 1.82. The van der Waals surface area contributed by atoms with E-state index in [9.17, 15) is 9.59 Å². The molecule has 1 atom stereocenters. The van der Waals surface area contributed by atoms with Crippen LogP contribution in [0.25, 0.3) is 0 Å². The predicted octanol–water partition coefficient (Wildman–Crippen LogP) is 5.26. The van der Waals surface area contributed by atoms with Crippen LogP contribution >= 0.6 is 22.9 Å². The van der Waals surface area contributed by atoms with Crippen LogP contribution in [0.3, 0.4) is 0 Å². The first-order chi connectivity index (χ1) is 13.5. The van der Waals surface area contributed by atoms with Gasteiger partial charge in [0, 0.05) is 11.3 Å². The first kappa shape index (κ1) is 19.9. The van der Waals surface area contributed by atoms with Crippen molar-refractivity contribution in [1.82, 2.24) is 0 Å². The molecule has 1 N–H and O–H groups in total. The molecule has 5 nitrogen and oxygen atoms in total. The van der Waals surface area contributed by atoms with E-state index >= 15 is 0 Å². The van der Waals surface area contributed by atoms with E-state index in [1.54, 1.807) is 42.5 Å².